The lowest BCUT2D eigenvalue weighted by Gasteiger charge is -2.18. The number of hydrogen-bond acceptors (Lipinski definition) is 2. The van der Waals surface area contributed by atoms with E-state index in [1.54, 1.807) is 25.2 Å². The maximum atomic E-state index is 13.8. The molecular formula is C14H14F2N2. The zero-order chi connectivity index (χ0) is 13.1. The lowest BCUT2D eigenvalue weighted by molar-refractivity contribution is 0.558. The summed E-state index contributed by atoms with van der Waals surface area (Å²) >= 11 is 0. The molecule has 0 aliphatic heterocycles. The standard InChI is InChI=1S/C14H14F2N2/c1-18-14(9-3-2-4-11(17)7-9)12-8-10(15)5-6-13(12)16/h2-8,14,18H,17H2,1H3. The van der Waals surface area contributed by atoms with Gasteiger partial charge in [-0.1, -0.05) is 12.1 Å². The molecule has 0 heterocycles. The number of benzene rings is 2. The summed E-state index contributed by atoms with van der Waals surface area (Å²) in [5.41, 5.74) is 7.35. The maximum absolute atomic E-state index is 13.8. The van der Waals surface area contributed by atoms with Crippen molar-refractivity contribution in [2.24, 2.45) is 0 Å². The molecule has 3 N–H and O–H groups in total. The van der Waals surface area contributed by atoms with Crippen LogP contribution in [0, 0.1) is 11.6 Å². The molecule has 0 amide bonds. The Hall–Kier alpha value is -1.94. The summed E-state index contributed by atoms with van der Waals surface area (Å²) in [5, 5.41) is 2.97. The quantitative estimate of drug-likeness (QED) is 0.820. The first-order valence-electron chi connectivity index (χ1n) is 5.59. The van der Waals surface area contributed by atoms with Gasteiger partial charge < -0.3 is 11.1 Å². The van der Waals surface area contributed by atoms with E-state index in [1.165, 1.54) is 6.07 Å². The first-order valence-corrected chi connectivity index (χ1v) is 5.59. The zero-order valence-electron chi connectivity index (χ0n) is 9.95. The summed E-state index contributed by atoms with van der Waals surface area (Å²) in [4.78, 5) is 0. The van der Waals surface area contributed by atoms with Crippen LogP contribution in [-0.2, 0) is 0 Å². The van der Waals surface area contributed by atoms with Gasteiger partial charge in [0.25, 0.3) is 0 Å². The van der Waals surface area contributed by atoms with Crippen molar-refractivity contribution >= 4 is 5.69 Å². The minimum atomic E-state index is -0.462. The predicted molar refractivity (Wildman–Crippen MR) is 68.1 cm³/mol. The highest BCUT2D eigenvalue weighted by atomic mass is 19.1. The molecule has 1 unspecified atom stereocenters. The van der Waals surface area contributed by atoms with Crippen LogP contribution < -0.4 is 11.1 Å². The summed E-state index contributed by atoms with van der Waals surface area (Å²) in [6, 6.07) is 10.1. The number of halogens is 2. The molecule has 2 nitrogen and oxygen atoms in total. The van der Waals surface area contributed by atoms with Gasteiger partial charge >= 0.3 is 0 Å². The number of nitrogens with two attached hydrogens (primary N) is 1. The van der Waals surface area contributed by atoms with Gasteiger partial charge in [-0.15, -0.1) is 0 Å². The van der Waals surface area contributed by atoms with Crippen molar-refractivity contribution < 1.29 is 8.78 Å². The van der Waals surface area contributed by atoms with Crippen LogP contribution in [0.3, 0.4) is 0 Å². The van der Waals surface area contributed by atoms with E-state index in [0.717, 1.165) is 17.7 Å². The average Bonchev–Trinajstić information content (AvgIpc) is 2.35. The van der Waals surface area contributed by atoms with Crippen molar-refractivity contribution in [3.63, 3.8) is 0 Å². The van der Waals surface area contributed by atoms with Crippen molar-refractivity contribution in [1.82, 2.24) is 5.32 Å². The molecule has 0 fully saturated rings. The van der Waals surface area contributed by atoms with Crippen molar-refractivity contribution in [2.45, 2.75) is 6.04 Å². The van der Waals surface area contributed by atoms with Crippen molar-refractivity contribution in [1.29, 1.82) is 0 Å². The third-order valence-electron chi connectivity index (χ3n) is 2.80. The molecule has 94 valence electrons. The second-order valence-corrected chi connectivity index (χ2v) is 4.06. The van der Waals surface area contributed by atoms with Gasteiger partial charge in [-0.05, 0) is 42.9 Å². The Labute approximate surface area is 104 Å². The summed E-state index contributed by atoms with van der Waals surface area (Å²) in [6.45, 7) is 0. The fraction of sp³-hybridized carbons (Fsp3) is 0.143. The van der Waals surface area contributed by atoms with Crippen LogP contribution in [-0.4, -0.2) is 7.05 Å². The molecule has 2 aromatic rings. The highest BCUT2D eigenvalue weighted by Gasteiger charge is 2.17. The molecule has 0 bridgehead atoms. The molecular weight excluding hydrogens is 234 g/mol. The third kappa shape index (κ3) is 2.49. The fourth-order valence-corrected chi connectivity index (χ4v) is 1.98. The number of hydrogen-bond donors (Lipinski definition) is 2. The topological polar surface area (TPSA) is 38.0 Å². The molecule has 0 radical (unpaired) electrons. The Morgan fingerprint density at radius 1 is 1.11 bits per heavy atom. The highest BCUT2D eigenvalue weighted by molar-refractivity contribution is 5.44. The first-order chi connectivity index (χ1) is 8.61. The van der Waals surface area contributed by atoms with E-state index in [2.05, 4.69) is 5.32 Å². The molecule has 0 saturated heterocycles. The molecule has 1 atom stereocenters. The molecule has 18 heavy (non-hydrogen) atoms. The summed E-state index contributed by atoms with van der Waals surface area (Å²) in [6.07, 6.45) is 0. The van der Waals surface area contributed by atoms with Crippen LogP contribution in [0.5, 0.6) is 0 Å². The van der Waals surface area contributed by atoms with Gasteiger partial charge in [-0.25, -0.2) is 8.78 Å². The third-order valence-corrected chi connectivity index (χ3v) is 2.80. The van der Waals surface area contributed by atoms with Gasteiger partial charge in [0.2, 0.25) is 0 Å². The molecule has 0 aliphatic carbocycles. The fourth-order valence-electron chi connectivity index (χ4n) is 1.98. The number of nitrogens with one attached hydrogen (secondary N) is 1. The van der Waals surface area contributed by atoms with E-state index in [1.807, 2.05) is 6.07 Å². The molecule has 2 rings (SSSR count). The van der Waals surface area contributed by atoms with E-state index in [9.17, 15) is 8.78 Å². The SMILES string of the molecule is CNC(c1cccc(N)c1)c1cc(F)ccc1F. The Bertz CT molecular complexity index is 555. The van der Waals surface area contributed by atoms with Gasteiger partial charge in [-0.3, -0.25) is 0 Å². The number of anilines is 1. The van der Waals surface area contributed by atoms with E-state index in [4.69, 9.17) is 5.73 Å². The van der Waals surface area contributed by atoms with E-state index >= 15 is 0 Å². The van der Waals surface area contributed by atoms with Crippen molar-refractivity contribution in [2.75, 3.05) is 12.8 Å². The van der Waals surface area contributed by atoms with Crippen LogP contribution in [0.2, 0.25) is 0 Å². The van der Waals surface area contributed by atoms with Crippen LogP contribution in [0.25, 0.3) is 0 Å². The Morgan fingerprint density at radius 2 is 1.89 bits per heavy atom. The van der Waals surface area contributed by atoms with Crippen LogP contribution in [0.15, 0.2) is 42.5 Å². The average molecular weight is 248 g/mol. The zero-order valence-corrected chi connectivity index (χ0v) is 9.95. The smallest absolute Gasteiger partial charge is 0.128 e. The molecule has 0 saturated carbocycles. The molecule has 0 aliphatic rings. The first kappa shape index (κ1) is 12.5. The second-order valence-electron chi connectivity index (χ2n) is 4.06. The van der Waals surface area contributed by atoms with Gasteiger partial charge in [0.05, 0.1) is 6.04 Å². The number of rotatable bonds is 3. The molecule has 2 aromatic carbocycles. The minimum absolute atomic E-state index is 0.267. The normalized spacial score (nSPS) is 12.4. The van der Waals surface area contributed by atoms with Crippen LogP contribution in [0.1, 0.15) is 17.2 Å². The van der Waals surface area contributed by atoms with Gasteiger partial charge in [0, 0.05) is 11.3 Å². The van der Waals surface area contributed by atoms with Gasteiger partial charge in [-0.2, -0.15) is 0 Å². The van der Waals surface area contributed by atoms with Crippen molar-refractivity contribution in [3.05, 3.63) is 65.2 Å². The van der Waals surface area contributed by atoms with E-state index < -0.39 is 17.7 Å². The highest BCUT2D eigenvalue weighted by Crippen LogP contribution is 2.26. The largest absolute Gasteiger partial charge is 0.399 e. The van der Waals surface area contributed by atoms with Crippen LogP contribution >= 0.6 is 0 Å². The van der Waals surface area contributed by atoms with Crippen LogP contribution in [0.4, 0.5) is 14.5 Å². The van der Waals surface area contributed by atoms with E-state index in [-0.39, 0.29) is 5.56 Å². The predicted octanol–water partition coefficient (Wildman–Crippen LogP) is 2.86. The van der Waals surface area contributed by atoms with Gasteiger partial charge in [0.15, 0.2) is 0 Å². The number of nitrogen functional groups attached to an aromatic ring is 1. The monoisotopic (exact) mass is 248 g/mol. The Morgan fingerprint density at radius 3 is 2.56 bits per heavy atom. The second kappa shape index (κ2) is 5.14. The van der Waals surface area contributed by atoms with E-state index in [0.29, 0.717) is 5.69 Å². The van der Waals surface area contributed by atoms with Crippen molar-refractivity contribution in [3.8, 4) is 0 Å². The Balaban J connectivity index is 2.48. The summed E-state index contributed by atoms with van der Waals surface area (Å²) < 4.78 is 27.0. The molecule has 0 spiro atoms. The maximum Gasteiger partial charge on any atom is 0.128 e. The Kier molecular flexibility index (Phi) is 3.58. The summed E-state index contributed by atoms with van der Waals surface area (Å²) in [7, 11) is 1.69. The lowest BCUT2D eigenvalue weighted by atomic mass is 9.98. The lowest BCUT2D eigenvalue weighted by Crippen LogP contribution is -2.19. The van der Waals surface area contributed by atoms with Gasteiger partial charge in [0.1, 0.15) is 11.6 Å². The summed E-state index contributed by atoms with van der Waals surface area (Å²) in [5.74, 6) is -0.909. The molecule has 4 heteroatoms. The minimum Gasteiger partial charge on any atom is -0.399 e. The molecule has 0 aromatic heterocycles.